The molecule has 1 heterocycles. The van der Waals surface area contributed by atoms with Crippen LogP contribution in [0, 0.1) is 0 Å². The van der Waals surface area contributed by atoms with Crippen molar-refractivity contribution in [3.8, 4) is 0 Å². The summed E-state index contributed by atoms with van der Waals surface area (Å²) < 4.78 is 1.72. The van der Waals surface area contributed by atoms with Crippen molar-refractivity contribution in [2.24, 2.45) is 0 Å². The van der Waals surface area contributed by atoms with Gasteiger partial charge in [-0.2, -0.15) is 16.9 Å². The molecule has 1 N–H and O–H groups in total. The average Bonchev–Trinajstić information content (AvgIpc) is 3.04. The summed E-state index contributed by atoms with van der Waals surface area (Å²) in [6.45, 7) is 0.495. The molecular weight excluding hydrogens is 354 g/mol. The van der Waals surface area contributed by atoms with Crippen molar-refractivity contribution < 1.29 is 4.79 Å². The van der Waals surface area contributed by atoms with E-state index in [-0.39, 0.29) is 5.91 Å². The second kappa shape index (κ2) is 8.23. The molecule has 128 valence electrons. The smallest absolute Gasteiger partial charge is 0.256 e. The van der Waals surface area contributed by atoms with Crippen LogP contribution in [0.5, 0.6) is 0 Å². The van der Waals surface area contributed by atoms with Crippen LogP contribution in [0.3, 0.4) is 0 Å². The molecule has 0 saturated heterocycles. The Balaban J connectivity index is 1.72. The van der Waals surface area contributed by atoms with Crippen molar-refractivity contribution in [2.45, 2.75) is 12.3 Å². The van der Waals surface area contributed by atoms with Crippen LogP contribution in [0.2, 0.25) is 5.02 Å². The molecule has 0 aliphatic carbocycles. The highest BCUT2D eigenvalue weighted by atomic mass is 35.5. The summed E-state index contributed by atoms with van der Waals surface area (Å²) in [7, 11) is 0. The first-order valence-corrected chi connectivity index (χ1v) is 9.59. The van der Waals surface area contributed by atoms with Gasteiger partial charge in [0.2, 0.25) is 0 Å². The first kappa shape index (κ1) is 17.6. The number of halogens is 1. The Morgan fingerprint density at radius 3 is 2.64 bits per heavy atom. The van der Waals surface area contributed by atoms with Gasteiger partial charge in [-0.25, -0.2) is 4.68 Å². The molecule has 3 rings (SSSR count). The molecule has 0 saturated carbocycles. The Kier molecular flexibility index (Phi) is 5.79. The zero-order chi connectivity index (χ0) is 17.6. The number of benzene rings is 2. The fraction of sp³-hybridized carbons (Fsp3) is 0.158. The highest BCUT2D eigenvalue weighted by Gasteiger charge is 2.11. The van der Waals surface area contributed by atoms with E-state index in [1.165, 1.54) is 5.56 Å². The summed E-state index contributed by atoms with van der Waals surface area (Å²) in [4.78, 5) is 12.5. The molecular formula is C19H18ClN3OS. The summed E-state index contributed by atoms with van der Waals surface area (Å²) in [6.07, 6.45) is 3.72. The molecule has 0 bridgehead atoms. The molecule has 0 radical (unpaired) electrons. The predicted molar refractivity (Wildman–Crippen MR) is 104 cm³/mol. The maximum atomic E-state index is 12.5. The van der Waals surface area contributed by atoms with E-state index in [2.05, 4.69) is 16.7 Å². The third-order valence-electron chi connectivity index (χ3n) is 3.76. The normalized spacial score (nSPS) is 10.6. The van der Waals surface area contributed by atoms with Gasteiger partial charge in [0, 0.05) is 22.4 Å². The number of hydrogen-bond donors (Lipinski definition) is 1. The van der Waals surface area contributed by atoms with Gasteiger partial charge in [-0.3, -0.25) is 4.79 Å². The maximum absolute atomic E-state index is 12.5. The zero-order valence-electron chi connectivity index (χ0n) is 13.8. The Morgan fingerprint density at radius 2 is 1.92 bits per heavy atom. The van der Waals surface area contributed by atoms with Gasteiger partial charge in [0.1, 0.15) is 5.82 Å². The molecule has 0 spiro atoms. The van der Waals surface area contributed by atoms with E-state index in [0.29, 0.717) is 22.9 Å². The van der Waals surface area contributed by atoms with E-state index >= 15 is 0 Å². The molecule has 0 aliphatic rings. The highest BCUT2D eigenvalue weighted by molar-refractivity contribution is 7.97. The van der Waals surface area contributed by atoms with Gasteiger partial charge in [-0.15, -0.1) is 0 Å². The van der Waals surface area contributed by atoms with Crippen molar-refractivity contribution in [3.63, 3.8) is 0 Å². The van der Waals surface area contributed by atoms with Crippen LogP contribution in [-0.2, 0) is 12.3 Å². The lowest BCUT2D eigenvalue weighted by Crippen LogP contribution is -2.16. The molecule has 4 nitrogen and oxygen atoms in total. The molecule has 25 heavy (non-hydrogen) atoms. The number of rotatable bonds is 6. The predicted octanol–water partition coefficient (Wildman–Crippen LogP) is 4.70. The third kappa shape index (κ3) is 4.44. The summed E-state index contributed by atoms with van der Waals surface area (Å²) in [5, 5.41) is 7.87. The number of amides is 1. The topological polar surface area (TPSA) is 46.9 Å². The standard InChI is InChI=1S/C19H18ClN3OS/c1-25-13-14-6-8-15(9-7-14)19(24)22-18-10-11-21-23(18)12-16-4-2-3-5-17(16)20/h2-11H,12-13H2,1H3,(H,22,24). The second-order valence-corrected chi connectivity index (χ2v) is 6.82. The largest absolute Gasteiger partial charge is 0.307 e. The van der Waals surface area contributed by atoms with Crippen molar-refractivity contribution in [2.75, 3.05) is 11.6 Å². The highest BCUT2D eigenvalue weighted by Crippen LogP contribution is 2.19. The van der Waals surface area contributed by atoms with Gasteiger partial charge in [0.05, 0.1) is 12.7 Å². The van der Waals surface area contributed by atoms with Crippen molar-refractivity contribution in [3.05, 3.63) is 82.5 Å². The van der Waals surface area contributed by atoms with E-state index in [4.69, 9.17) is 11.6 Å². The van der Waals surface area contributed by atoms with Gasteiger partial charge in [0.25, 0.3) is 5.91 Å². The minimum atomic E-state index is -0.156. The number of aromatic nitrogens is 2. The van der Waals surface area contributed by atoms with Gasteiger partial charge in [0.15, 0.2) is 0 Å². The number of carbonyl (C=O) groups excluding carboxylic acids is 1. The molecule has 0 fully saturated rings. The minimum Gasteiger partial charge on any atom is -0.307 e. The van der Waals surface area contributed by atoms with Crippen LogP contribution in [-0.4, -0.2) is 21.9 Å². The first-order valence-electron chi connectivity index (χ1n) is 7.82. The lowest BCUT2D eigenvalue weighted by atomic mass is 10.1. The summed E-state index contributed by atoms with van der Waals surface area (Å²) in [5.74, 6) is 1.42. The molecule has 3 aromatic rings. The van der Waals surface area contributed by atoms with Gasteiger partial charge in [-0.1, -0.05) is 41.9 Å². The Labute approximate surface area is 156 Å². The molecule has 1 amide bonds. The van der Waals surface area contributed by atoms with Crippen molar-refractivity contribution in [1.29, 1.82) is 0 Å². The van der Waals surface area contributed by atoms with Gasteiger partial charge < -0.3 is 5.32 Å². The number of carbonyl (C=O) groups is 1. The first-order chi connectivity index (χ1) is 12.2. The van der Waals surface area contributed by atoms with Crippen molar-refractivity contribution in [1.82, 2.24) is 9.78 Å². The number of thioether (sulfide) groups is 1. The number of anilines is 1. The van der Waals surface area contributed by atoms with Gasteiger partial charge >= 0.3 is 0 Å². The fourth-order valence-corrected chi connectivity index (χ4v) is 3.18. The number of nitrogens with zero attached hydrogens (tertiary/aromatic N) is 2. The van der Waals surface area contributed by atoms with E-state index in [9.17, 15) is 4.79 Å². The summed E-state index contributed by atoms with van der Waals surface area (Å²) >= 11 is 7.96. The second-order valence-electron chi connectivity index (χ2n) is 5.55. The Morgan fingerprint density at radius 1 is 1.16 bits per heavy atom. The van der Waals surface area contributed by atoms with Crippen LogP contribution in [0.15, 0.2) is 60.8 Å². The van der Waals surface area contributed by atoms with Crippen LogP contribution >= 0.6 is 23.4 Å². The van der Waals surface area contributed by atoms with Crippen LogP contribution < -0.4 is 5.32 Å². The number of hydrogen-bond acceptors (Lipinski definition) is 3. The Bertz CT molecular complexity index is 861. The monoisotopic (exact) mass is 371 g/mol. The summed E-state index contributed by atoms with van der Waals surface area (Å²) in [5.41, 5.74) is 2.77. The van der Waals surface area contributed by atoms with E-state index in [0.717, 1.165) is 11.3 Å². The summed E-state index contributed by atoms with van der Waals surface area (Å²) in [6, 6.07) is 17.0. The maximum Gasteiger partial charge on any atom is 0.256 e. The number of nitrogens with one attached hydrogen (secondary N) is 1. The molecule has 2 aromatic carbocycles. The van der Waals surface area contributed by atoms with E-state index in [1.807, 2.05) is 48.5 Å². The SMILES string of the molecule is CSCc1ccc(C(=O)Nc2ccnn2Cc2ccccc2Cl)cc1. The fourth-order valence-electron chi connectivity index (χ4n) is 2.46. The van der Waals surface area contributed by atoms with Crippen molar-refractivity contribution >= 4 is 35.1 Å². The zero-order valence-corrected chi connectivity index (χ0v) is 15.3. The Hall–Kier alpha value is -2.24. The van der Waals surface area contributed by atoms with Crippen LogP contribution in [0.4, 0.5) is 5.82 Å². The molecule has 1 aromatic heterocycles. The molecule has 0 unspecified atom stereocenters. The molecule has 6 heteroatoms. The van der Waals surface area contributed by atoms with E-state index in [1.54, 1.807) is 28.7 Å². The third-order valence-corrected chi connectivity index (χ3v) is 4.75. The average molecular weight is 372 g/mol. The van der Waals surface area contributed by atoms with Gasteiger partial charge in [-0.05, 0) is 35.6 Å². The quantitative estimate of drug-likeness (QED) is 0.683. The molecule has 0 aliphatic heterocycles. The lowest BCUT2D eigenvalue weighted by molar-refractivity contribution is 0.102. The lowest BCUT2D eigenvalue weighted by Gasteiger charge is -2.10. The van der Waals surface area contributed by atoms with Crippen LogP contribution in [0.1, 0.15) is 21.5 Å². The van der Waals surface area contributed by atoms with Crippen LogP contribution in [0.25, 0.3) is 0 Å². The molecule has 0 atom stereocenters. The minimum absolute atomic E-state index is 0.156. The van der Waals surface area contributed by atoms with E-state index < -0.39 is 0 Å².